The number of carboxylic acids is 2. The first-order valence-corrected chi connectivity index (χ1v) is 9.34. The minimum Gasteiger partial charge on any atom is -0.481 e. The van der Waals surface area contributed by atoms with Crippen molar-refractivity contribution in [1.82, 2.24) is 0 Å². The zero-order valence-corrected chi connectivity index (χ0v) is 16.9. The van der Waals surface area contributed by atoms with Crippen LogP contribution in [0.3, 0.4) is 0 Å². The van der Waals surface area contributed by atoms with E-state index in [-0.39, 0.29) is 6.61 Å². The van der Waals surface area contributed by atoms with E-state index in [2.05, 4.69) is 18.8 Å². The molecule has 10 heteroatoms. The second kappa shape index (κ2) is 10.7. The summed E-state index contributed by atoms with van der Waals surface area (Å²) in [5, 5.41) is 19.0. The molecule has 2 rings (SSSR count). The van der Waals surface area contributed by atoms with Crippen LogP contribution in [0.1, 0.15) is 50.7 Å². The average molecular weight is 430 g/mol. The monoisotopic (exact) mass is 430 g/mol. The van der Waals surface area contributed by atoms with Gasteiger partial charge in [0.25, 0.3) is 0 Å². The van der Waals surface area contributed by atoms with Crippen molar-refractivity contribution in [2.24, 2.45) is 16.6 Å². The summed E-state index contributed by atoms with van der Waals surface area (Å²) in [6.45, 7) is 5.86. The maximum Gasteiger partial charge on any atom is 0.416 e. The van der Waals surface area contributed by atoms with Gasteiger partial charge in [-0.25, -0.2) is 4.79 Å². The summed E-state index contributed by atoms with van der Waals surface area (Å²) in [7, 11) is 0. The van der Waals surface area contributed by atoms with Crippen molar-refractivity contribution in [3.8, 4) is 0 Å². The standard InChI is InChI=1S/C16H15F3N2O5.C4H10/c1-2-26-13-11(15(24)25)9(10(14(22)23)12(20)21-13)7-5-3-4-6-8(7)16(17,18)19;1-3-4-2/h3-6,9,11H,2,20H2,1H3,(H,22,23)(H,24,25);3-4H2,1-2H3. The van der Waals surface area contributed by atoms with E-state index in [4.69, 9.17) is 10.5 Å². The summed E-state index contributed by atoms with van der Waals surface area (Å²) in [4.78, 5) is 27.0. The molecule has 0 aromatic heterocycles. The summed E-state index contributed by atoms with van der Waals surface area (Å²) in [6, 6.07) is 4.14. The Kier molecular flexibility index (Phi) is 8.88. The number of aliphatic imine (C=N–C) groups is 1. The number of benzene rings is 1. The molecule has 0 saturated carbocycles. The molecule has 1 aromatic rings. The van der Waals surface area contributed by atoms with E-state index in [1.54, 1.807) is 0 Å². The van der Waals surface area contributed by atoms with Crippen molar-refractivity contribution in [1.29, 1.82) is 0 Å². The maximum absolute atomic E-state index is 13.4. The van der Waals surface area contributed by atoms with Gasteiger partial charge < -0.3 is 20.7 Å². The molecule has 0 radical (unpaired) electrons. The fraction of sp³-hybridized carbons (Fsp3) is 0.450. The van der Waals surface area contributed by atoms with Gasteiger partial charge in [0.15, 0.2) is 0 Å². The SMILES string of the molecule is CCCC.CCOC1=NC(N)=C(C(=O)O)C(c2ccccc2C(F)(F)F)C1C(=O)O. The Labute approximate surface area is 172 Å². The second-order valence-corrected chi connectivity index (χ2v) is 6.37. The van der Waals surface area contributed by atoms with Crippen LogP contribution in [0.15, 0.2) is 40.7 Å². The lowest BCUT2D eigenvalue weighted by atomic mass is 9.76. The van der Waals surface area contributed by atoms with Gasteiger partial charge in [-0.2, -0.15) is 18.2 Å². The predicted octanol–water partition coefficient (Wildman–Crippen LogP) is 4.00. The van der Waals surface area contributed by atoms with Crippen molar-refractivity contribution in [3.05, 3.63) is 46.8 Å². The smallest absolute Gasteiger partial charge is 0.416 e. The molecule has 0 bridgehead atoms. The van der Waals surface area contributed by atoms with Gasteiger partial charge >= 0.3 is 18.1 Å². The van der Waals surface area contributed by atoms with E-state index in [0.29, 0.717) is 0 Å². The molecule has 1 aliphatic heterocycles. The molecule has 166 valence electrons. The van der Waals surface area contributed by atoms with Crippen LogP contribution < -0.4 is 5.73 Å². The molecule has 30 heavy (non-hydrogen) atoms. The minimum atomic E-state index is -4.82. The number of rotatable bonds is 5. The number of alkyl halides is 3. The quantitative estimate of drug-likeness (QED) is 0.649. The molecular weight excluding hydrogens is 405 g/mol. The number of carboxylic acid groups (broad SMARTS) is 2. The Morgan fingerprint density at radius 1 is 1.13 bits per heavy atom. The fourth-order valence-corrected chi connectivity index (χ4v) is 2.84. The first kappa shape index (κ1) is 25.0. The van der Waals surface area contributed by atoms with Crippen LogP contribution in [0.5, 0.6) is 0 Å². The van der Waals surface area contributed by atoms with Crippen molar-refractivity contribution >= 4 is 17.8 Å². The fourth-order valence-electron chi connectivity index (χ4n) is 2.84. The van der Waals surface area contributed by atoms with E-state index < -0.39 is 58.4 Å². The number of hydrogen-bond donors (Lipinski definition) is 3. The Bertz CT molecular complexity index is 832. The lowest BCUT2D eigenvalue weighted by molar-refractivity contribution is -0.143. The molecule has 1 aromatic carbocycles. The first-order valence-electron chi connectivity index (χ1n) is 9.34. The Morgan fingerprint density at radius 2 is 1.70 bits per heavy atom. The van der Waals surface area contributed by atoms with Crippen LogP contribution in [0.25, 0.3) is 0 Å². The molecule has 0 aliphatic carbocycles. The largest absolute Gasteiger partial charge is 0.481 e. The number of nitrogens with two attached hydrogens (primary N) is 1. The van der Waals surface area contributed by atoms with E-state index in [0.717, 1.165) is 18.2 Å². The lowest BCUT2D eigenvalue weighted by Gasteiger charge is -2.31. The maximum atomic E-state index is 13.4. The van der Waals surface area contributed by atoms with Crippen molar-refractivity contribution in [2.45, 2.75) is 45.7 Å². The number of aliphatic carboxylic acids is 2. The summed E-state index contributed by atoms with van der Waals surface area (Å²) in [5.41, 5.74) is 3.20. The van der Waals surface area contributed by atoms with Crippen molar-refractivity contribution < 1.29 is 37.7 Å². The lowest BCUT2D eigenvalue weighted by Crippen LogP contribution is -2.39. The highest BCUT2D eigenvalue weighted by Crippen LogP contribution is 2.43. The van der Waals surface area contributed by atoms with Gasteiger partial charge in [0, 0.05) is 5.92 Å². The molecule has 1 aliphatic rings. The molecule has 1 heterocycles. The third kappa shape index (κ3) is 5.74. The van der Waals surface area contributed by atoms with E-state index in [1.807, 2.05) is 0 Å². The molecule has 4 N–H and O–H groups in total. The number of ether oxygens (including phenoxy) is 1. The zero-order chi connectivity index (χ0) is 23.1. The van der Waals surface area contributed by atoms with Crippen LogP contribution in [-0.2, 0) is 20.5 Å². The van der Waals surface area contributed by atoms with Crippen LogP contribution in [0.2, 0.25) is 0 Å². The van der Waals surface area contributed by atoms with Gasteiger partial charge in [-0.3, -0.25) is 4.79 Å². The summed E-state index contributed by atoms with van der Waals surface area (Å²) >= 11 is 0. The highest BCUT2D eigenvalue weighted by Gasteiger charge is 2.47. The third-order valence-corrected chi connectivity index (χ3v) is 4.31. The summed E-state index contributed by atoms with van der Waals surface area (Å²) in [6.07, 6.45) is -2.18. The second-order valence-electron chi connectivity index (χ2n) is 6.37. The van der Waals surface area contributed by atoms with Crippen LogP contribution >= 0.6 is 0 Å². The minimum absolute atomic E-state index is 0.0219. The molecule has 0 spiro atoms. The number of nitrogens with zero attached hydrogens (tertiary/aromatic N) is 1. The van der Waals surface area contributed by atoms with E-state index in [1.165, 1.54) is 25.8 Å². The number of halogens is 3. The van der Waals surface area contributed by atoms with Gasteiger partial charge in [0.2, 0.25) is 5.90 Å². The van der Waals surface area contributed by atoms with Crippen LogP contribution in [-0.4, -0.2) is 34.7 Å². The highest BCUT2D eigenvalue weighted by atomic mass is 19.4. The predicted molar refractivity (Wildman–Crippen MR) is 104 cm³/mol. The van der Waals surface area contributed by atoms with Gasteiger partial charge in [-0.05, 0) is 18.6 Å². The number of hydrogen-bond acceptors (Lipinski definition) is 5. The molecule has 2 atom stereocenters. The van der Waals surface area contributed by atoms with Gasteiger partial charge in [0.05, 0.1) is 17.7 Å². The topological polar surface area (TPSA) is 122 Å². The molecule has 0 amide bonds. The molecule has 2 unspecified atom stereocenters. The molecular formula is C20H25F3N2O5. The molecule has 7 nitrogen and oxygen atoms in total. The molecule has 0 saturated heterocycles. The van der Waals surface area contributed by atoms with Gasteiger partial charge in [-0.1, -0.05) is 44.9 Å². The van der Waals surface area contributed by atoms with E-state index >= 15 is 0 Å². The van der Waals surface area contributed by atoms with Crippen LogP contribution in [0, 0.1) is 5.92 Å². The normalized spacial score (nSPS) is 18.8. The van der Waals surface area contributed by atoms with Crippen molar-refractivity contribution in [3.63, 3.8) is 0 Å². The Morgan fingerprint density at radius 3 is 2.13 bits per heavy atom. The van der Waals surface area contributed by atoms with Crippen molar-refractivity contribution in [2.75, 3.05) is 6.61 Å². The average Bonchev–Trinajstić information content (AvgIpc) is 2.66. The zero-order valence-electron chi connectivity index (χ0n) is 16.9. The number of unbranched alkanes of at least 4 members (excludes halogenated alkanes) is 1. The van der Waals surface area contributed by atoms with Gasteiger partial charge in [-0.15, -0.1) is 0 Å². The van der Waals surface area contributed by atoms with E-state index in [9.17, 15) is 33.0 Å². The first-order chi connectivity index (χ1) is 14.0. The molecule has 0 fully saturated rings. The summed E-state index contributed by atoms with van der Waals surface area (Å²) < 4.78 is 45.3. The Balaban J connectivity index is 0.00000103. The van der Waals surface area contributed by atoms with Crippen LogP contribution in [0.4, 0.5) is 13.2 Å². The van der Waals surface area contributed by atoms with Gasteiger partial charge in [0.1, 0.15) is 11.7 Å². The Hall–Kier alpha value is -3.04. The highest BCUT2D eigenvalue weighted by molar-refractivity contribution is 6.04. The number of carbonyl (C=O) groups is 2. The summed E-state index contributed by atoms with van der Waals surface area (Å²) in [5.74, 6) is -7.76. The third-order valence-electron chi connectivity index (χ3n) is 4.31.